The van der Waals surface area contributed by atoms with Gasteiger partial charge in [-0.25, -0.2) is 8.78 Å². The SMILES string of the molecule is COc1ccc(CN2CCC(CNC(=O)c3c(F)cccc3F)CC2)cc1. The smallest absolute Gasteiger partial charge is 0.257 e. The highest BCUT2D eigenvalue weighted by atomic mass is 19.1. The van der Waals surface area contributed by atoms with Crippen molar-refractivity contribution in [2.75, 3.05) is 26.7 Å². The van der Waals surface area contributed by atoms with Gasteiger partial charge in [-0.05, 0) is 61.7 Å². The summed E-state index contributed by atoms with van der Waals surface area (Å²) in [6, 6.07) is 11.5. The molecule has 2 aromatic carbocycles. The highest BCUT2D eigenvalue weighted by Gasteiger charge is 2.22. The van der Waals surface area contributed by atoms with E-state index >= 15 is 0 Å². The van der Waals surface area contributed by atoms with E-state index in [9.17, 15) is 13.6 Å². The van der Waals surface area contributed by atoms with Crippen LogP contribution in [0.15, 0.2) is 42.5 Å². The molecular weight excluding hydrogens is 350 g/mol. The van der Waals surface area contributed by atoms with Crippen molar-refractivity contribution in [3.05, 3.63) is 65.2 Å². The summed E-state index contributed by atoms with van der Waals surface area (Å²) < 4.78 is 32.5. The van der Waals surface area contributed by atoms with Crippen LogP contribution in [0.1, 0.15) is 28.8 Å². The number of rotatable bonds is 6. The predicted octanol–water partition coefficient (Wildman–Crippen LogP) is 3.62. The van der Waals surface area contributed by atoms with Crippen molar-refractivity contribution < 1.29 is 18.3 Å². The van der Waals surface area contributed by atoms with Crippen LogP contribution in [0, 0.1) is 17.6 Å². The van der Waals surface area contributed by atoms with Gasteiger partial charge in [0.05, 0.1) is 7.11 Å². The Morgan fingerprint density at radius 1 is 1.11 bits per heavy atom. The van der Waals surface area contributed by atoms with Gasteiger partial charge in [0.15, 0.2) is 0 Å². The number of amides is 1. The van der Waals surface area contributed by atoms with E-state index in [4.69, 9.17) is 4.74 Å². The van der Waals surface area contributed by atoms with E-state index in [1.54, 1.807) is 7.11 Å². The van der Waals surface area contributed by atoms with E-state index in [1.807, 2.05) is 12.1 Å². The van der Waals surface area contributed by atoms with Crippen molar-refractivity contribution in [2.24, 2.45) is 5.92 Å². The Balaban J connectivity index is 1.44. The second-order valence-corrected chi connectivity index (χ2v) is 6.87. The number of hydrogen-bond acceptors (Lipinski definition) is 3. The van der Waals surface area contributed by atoms with E-state index in [1.165, 1.54) is 11.6 Å². The van der Waals surface area contributed by atoms with Gasteiger partial charge >= 0.3 is 0 Å². The summed E-state index contributed by atoms with van der Waals surface area (Å²) in [7, 11) is 1.65. The summed E-state index contributed by atoms with van der Waals surface area (Å²) in [5.41, 5.74) is 0.729. The third-order valence-corrected chi connectivity index (χ3v) is 5.01. The lowest BCUT2D eigenvalue weighted by molar-refractivity contribution is 0.0927. The topological polar surface area (TPSA) is 41.6 Å². The standard InChI is InChI=1S/C21H24F2N2O2/c1-27-17-7-5-16(6-8-17)14-25-11-9-15(10-12-25)13-24-21(26)20-18(22)3-2-4-19(20)23/h2-8,15H,9-14H2,1H3,(H,24,26). The number of methoxy groups -OCH3 is 1. The van der Waals surface area contributed by atoms with Crippen LogP contribution in [0.2, 0.25) is 0 Å². The highest BCUT2D eigenvalue weighted by molar-refractivity contribution is 5.94. The van der Waals surface area contributed by atoms with Gasteiger partial charge < -0.3 is 10.1 Å². The van der Waals surface area contributed by atoms with Crippen molar-refractivity contribution in [1.29, 1.82) is 0 Å². The van der Waals surface area contributed by atoms with E-state index in [2.05, 4.69) is 22.3 Å². The number of likely N-dealkylation sites (tertiary alicyclic amines) is 1. The van der Waals surface area contributed by atoms with E-state index in [-0.39, 0.29) is 0 Å². The van der Waals surface area contributed by atoms with Crippen LogP contribution < -0.4 is 10.1 Å². The molecule has 27 heavy (non-hydrogen) atoms. The zero-order chi connectivity index (χ0) is 19.2. The fourth-order valence-electron chi connectivity index (χ4n) is 3.38. The lowest BCUT2D eigenvalue weighted by atomic mass is 9.96. The second-order valence-electron chi connectivity index (χ2n) is 6.87. The van der Waals surface area contributed by atoms with Gasteiger partial charge in [0.1, 0.15) is 22.9 Å². The van der Waals surface area contributed by atoms with Crippen molar-refractivity contribution >= 4 is 5.91 Å². The summed E-state index contributed by atoms with van der Waals surface area (Å²) in [5, 5.41) is 2.68. The molecule has 1 fully saturated rings. The van der Waals surface area contributed by atoms with Crippen LogP contribution in [0.4, 0.5) is 8.78 Å². The summed E-state index contributed by atoms with van der Waals surface area (Å²) in [4.78, 5) is 14.4. The Morgan fingerprint density at radius 3 is 2.33 bits per heavy atom. The molecular formula is C21H24F2N2O2. The molecule has 0 bridgehead atoms. The summed E-state index contributed by atoms with van der Waals surface area (Å²) in [6.07, 6.45) is 1.88. The molecule has 0 radical (unpaired) electrons. The zero-order valence-corrected chi connectivity index (χ0v) is 15.4. The van der Waals surface area contributed by atoms with Crippen LogP contribution in [-0.4, -0.2) is 37.6 Å². The maximum absolute atomic E-state index is 13.7. The van der Waals surface area contributed by atoms with Gasteiger partial charge in [-0.2, -0.15) is 0 Å². The van der Waals surface area contributed by atoms with Crippen molar-refractivity contribution in [2.45, 2.75) is 19.4 Å². The lowest BCUT2D eigenvalue weighted by Gasteiger charge is -2.32. The molecule has 0 spiro atoms. The summed E-state index contributed by atoms with van der Waals surface area (Å²) >= 11 is 0. The molecule has 0 aromatic heterocycles. The molecule has 1 aliphatic heterocycles. The van der Waals surface area contributed by atoms with Crippen molar-refractivity contribution in [1.82, 2.24) is 10.2 Å². The van der Waals surface area contributed by atoms with Crippen molar-refractivity contribution in [3.8, 4) is 5.75 Å². The van der Waals surface area contributed by atoms with Gasteiger partial charge in [-0.15, -0.1) is 0 Å². The number of nitrogens with zero attached hydrogens (tertiary/aromatic N) is 1. The van der Waals surface area contributed by atoms with Gasteiger partial charge in [0.2, 0.25) is 0 Å². The molecule has 0 unspecified atom stereocenters. The summed E-state index contributed by atoms with van der Waals surface area (Å²) in [5.74, 6) is -1.19. The van der Waals surface area contributed by atoms with E-state index < -0.39 is 23.1 Å². The summed E-state index contributed by atoms with van der Waals surface area (Å²) in [6.45, 7) is 3.17. The molecule has 1 saturated heterocycles. The Hall–Kier alpha value is -2.47. The quantitative estimate of drug-likeness (QED) is 0.840. The molecule has 0 atom stereocenters. The molecule has 0 aliphatic carbocycles. The molecule has 1 amide bonds. The predicted molar refractivity (Wildman–Crippen MR) is 99.7 cm³/mol. The van der Waals surface area contributed by atoms with Crippen LogP contribution in [0.25, 0.3) is 0 Å². The molecule has 3 rings (SSSR count). The van der Waals surface area contributed by atoms with Crippen LogP contribution >= 0.6 is 0 Å². The average molecular weight is 374 g/mol. The molecule has 4 nitrogen and oxygen atoms in total. The number of halogens is 2. The second kappa shape index (κ2) is 8.95. The Bertz CT molecular complexity index is 752. The number of nitrogens with one attached hydrogen (secondary N) is 1. The molecule has 0 saturated carbocycles. The van der Waals surface area contributed by atoms with Crippen molar-refractivity contribution in [3.63, 3.8) is 0 Å². The highest BCUT2D eigenvalue weighted by Crippen LogP contribution is 2.20. The molecule has 1 heterocycles. The van der Waals surface area contributed by atoms with Gasteiger partial charge in [0.25, 0.3) is 5.91 Å². The third-order valence-electron chi connectivity index (χ3n) is 5.01. The Labute approximate surface area is 158 Å². The minimum atomic E-state index is -0.832. The minimum absolute atomic E-state index is 0.316. The Kier molecular flexibility index (Phi) is 6.40. The molecule has 1 aliphatic rings. The fraction of sp³-hybridized carbons (Fsp3) is 0.381. The number of benzene rings is 2. The van der Waals surface area contributed by atoms with Crippen LogP contribution in [0.3, 0.4) is 0 Å². The normalized spacial score (nSPS) is 15.5. The first-order chi connectivity index (χ1) is 13.1. The zero-order valence-electron chi connectivity index (χ0n) is 15.4. The number of piperidine rings is 1. The number of carbonyl (C=O) groups excluding carboxylic acids is 1. The molecule has 1 N–H and O–H groups in total. The maximum atomic E-state index is 13.7. The molecule has 2 aromatic rings. The average Bonchev–Trinajstić information content (AvgIpc) is 2.68. The number of ether oxygens (including phenoxy) is 1. The monoisotopic (exact) mass is 374 g/mol. The minimum Gasteiger partial charge on any atom is -0.497 e. The largest absolute Gasteiger partial charge is 0.497 e. The molecule has 6 heteroatoms. The first-order valence-electron chi connectivity index (χ1n) is 9.14. The van der Waals surface area contributed by atoms with Gasteiger partial charge in [0, 0.05) is 13.1 Å². The third kappa shape index (κ3) is 5.04. The Morgan fingerprint density at radius 2 is 1.74 bits per heavy atom. The first-order valence-corrected chi connectivity index (χ1v) is 9.14. The number of carbonyl (C=O) groups is 1. The van der Waals surface area contributed by atoms with E-state index in [0.29, 0.717) is 12.5 Å². The van der Waals surface area contributed by atoms with Gasteiger partial charge in [-0.1, -0.05) is 18.2 Å². The number of hydrogen-bond donors (Lipinski definition) is 1. The lowest BCUT2D eigenvalue weighted by Crippen LogP contribution is -2.38. The first kappa shape index (κ1) is 19.3. The van der Waals surface area contributed by atoms with E-state index in [0.717, 1.165) is 50.4 Å². The molecule has 144 valence electrons. The van der Waals surface area contributed by atoms with Crippen LogP contribution in [0.5, 0.6) is 5.75 Å². The maximum Gasteiger partial charge on any atom is 0.257 e. The van der Waals surface area contributed by atoms with Gasteiger partial charge in [-0.3, -0.25) is 9.69 Å². The van der Waals surface area contributed by atoms with Crippen LogP contribution in [-0.2, 0) is 6.54 Å². The fourth-order valence-corrected chi connectivity index (χ4v) is 3.38.